The van der Waals surface area contributed by atoms with Gasteiger partial charge in [0, 0.05) is 26.1 Å². The summed E-state index contributed by atoms with van der Waals surface area (Å²) in [5.74, 6) is 2.08. The summed E-state index contributed by atoms with van der Waals surface area (Å²) in [4.78, 5) is 6.58. The molecule has 0 aromatic rings. The molecule has 0 spiro atoms. The van der Waals surface area contributed by atoms with Crippen molar-refractivity contribution in [3.63, 3.8) is 0 Å². The summed E-state index contributed by atoms with van der Waals surface area (Å²) in [6.45, 7) is 2.96. The van der Waals surface area contributed by atoms with E-state index >= 15 is 0 Å². The maximum atomic E-state index is 8.82. The van der Waals surface area contributed by atoms with Gasteiger partial charge in [0.2, 0.25) is 0 Å². The second kappa shape index (κ2) is 5.20. The fraction of sp³-hybridized carbons (Fsp3) is 0.833. The van der Waals surface area contributed by atoms with E-state index in [1.54, 1.807) is 0 Å². The molecule has 1 heterocycles. The monoisotopic (exact) mass is 220 g/mol. The molecule has 4 heteroatoms. The zero-order valence-corrected chi connectivity index (χ0v) is 9.95. The third kappa shape index (κ3) is 2.66. The first-order valence-corrected chi connectivity index (χ1v) is 6.18. The lowest BCUT2D eigenvalue weighted by molar-refractivity contribution is 0.312. The molecule has 1 N–H and O–H groups in total. The van der Waals surface area contributed by atoms with Gasteiger partial charge in [-0.3, -0.25) is 4.99 Å². The van der Waals surface area contributed by atoms with Crippen LogP contribution in [0.3, 0.4) is 0 Å². The van der Waals surface area contributed by atoms with Crippen LogP contribution in [0.15, 0.2) is 4.99 Å². The fourth-order valence-corrected chi connectivity index (χ4v) is 2.45. The van der Waals surface area contributed by atoms with E-state index in [1.807, 2.05) is 0 Å². The van der Waals surface area contributed by atoms with Crippen molar-refractivity contribution in [1.82, 2.24) is 10.2 Å². The average Bonchev–Trinajstić information content (AvgIpc) is 2.73. The molecule has 0 bridgehead atoms. The minimum atomic E-state index is 0.308. The number of nitrogens with one attached hydrogen (secondary N) is 1. The molecule has 2 aliphatic rings. The van der Waals surface area contributed by atoms with Gasteiger partial charge in [-0.2, -0.15) is 5.26 Å². The number of guanidine groups is 1. The number of hydrogen-bond donors (Lipinski definition) is 1. The Bertz CT molecular complexity index is 297. The topological polar surface area (TPSA) is 51.4 Å². The number of nitrogens with zero attached hydrogens (tertiary/aromatic N) is 3. The standard InChI is InChI=1S/C12H20N4/c1-16-7-6-14-12(16)15-9-11-4-2-10(8-13)3-5-11/h10-11H,2-7,9H2,1H3,(H,14,15). The van der Waals surface area contributed by atoms with E-state index < -0.39 is 0 Å². The molecule has 1 aliphatic carbocycles. The van der Waals surface area contributed by atoms with Gasteiger partial charge in [-0.1, -0.05) is 0 Å². The summed E-state index contributed by atoms with van der Waals surface area (Å²) in [6.07, 6.45) is 4.51. The third-order valence-corrected chi connectivity index (χ3v) is 3.64. The number of hydrogen-bond acceptors (Lipinski definition) is 4. The highest BCUT2D eigenvalue weighted by atomic mass is 15.3. The van der Waals surface area contributed by atoms with Crippen LogP contribution in [0, 0.1) is 23.2 Å². The first-order valence-electron chi connectivity index (χ1n) is 6.18. The first-order chi connectivity index (χ1) is 7.79. The lowest BCUT2D eigenvalue weighted by atomic mass is 9.83. The lowest BCUT2D eigenvalue weighted by Gasteiger charge is -2.26. The van der Waals surface area contributed by atoms with Crippen molar-refractivity contribution < 1.29 is 0 Å². The lowest BCUT2D eigenvalue weighted by Crippen LogP contribution is -2.38. The Morgan fingerprint density at radius 3 is 2.75 bits per heavy atom. The Morgan fingerprint density at radius 1 is 1.44 bits per heavy atom. The highest BCUT2D eigenvalue weighted by molar-refractivity contribution is 5.81. The predicted octanol–water partition coefficient (Wildman–Crippen LogP) is 1.21. The number of aliphatic imine (C=N–C) groups is 1. The van der Waals surface area contributed by atoms with E-state index in [0.29, 0.717) is 5.92 Å². The maximum Gasteiger partial charge on any atom is 0.193 e. The van der Waals surface area contributed by atoms with Crippen molar-refractivity contribution in [2.75, 3.05) is 26.7 Å². The summed E-state index contributed by atoms with van der Waals surface area (Å²) < 4.78 is 0. The van der Waals surface area contributed by atoms with Crippen LogP contribution in [0.4, 0.5) is 0 Å². The quantitative estimate of drug-likeness (QED) is 0.761. The molecule has 1 fully saturated rings. The van der Waals surface area contributed by atoms with Gasteiger partial charge in [0.25, 0.3) is 0 Å². The zero-order valence-electron chi connectivity index (χ0n) is 9.95. The first kappa shape index (κ1) is 11.3. The smallest absolute Gasteiger partial charge is 0.193 e. The van der Waals surface area contributed by atoms with E-state index in [2.05, 4.69) is 28.3 Å². The largest absolute Gasteiger partial charge is 0.356 e. The Morgan fingerprint density at radius 2 is 2.19 bits per heavy atom. The van der Waals surface area contributed by atoms with E-state index in [9.17, 15) is 0 Å². The summed E-state index contributed by atoms with van der Waals surface area (Å²) >= 11 is 0. The molecule has 0 amide bonds. The average molecular weight is 220 g/mol. The highest BCUT2D eigenvalue weighted by Crippen LogP contribution is 2.27. The highest BCUT2D eigenvalue weighted by Gasteiger charge is 2.21. The Kier molecular flexibility index (Phi) is 3.66. The molecular weight excluding hydrogens is 200 g/mol. The SMILES string of the molecule is CN1CCN=C1NCC1CCC(C#N)CC1. The zero-order chi connectivity index (χ0) is 11.4. The second-order valence-corrected chi connectivity index (χ2v) is 4.85. The predicted molar refractivity (Wildman–Crippen MR) is 64.0 cm³/mol. The van der Waals surface area contributed by atoms with Crippen LogP contribution in [0.2, 0.25) is 0 Å². The van der Waals surface area contributed by atoms with Crippen LogP contribution in [0.5, 0.6) is 0 Å². The maximum absolute atomic E-state index is 8.82. The molecule has 0 aromatic carbocycles. The Balaban J connectivity index is 1.70. The van der Waals surface area contributed by atoms with Gasteiger partial charge in [-0.05, 0) is 31.6 Å². The second-order valence-electron chi connectivity index (χ2n) is 4.85. The Hall–Kier alpha value is -1.24. The summed E-state index contributed by atoms with van der Waals surface area (Å²) in [7, 11) is 2.07. The molecule has 88 valence electrons. The number of nitriles is 1. The van der Waals surface area contributed by atoms with Crippen LogP contribution in [-0.4, -0.2) is 37.5 Å². The third-order valence-electron chi connectivity index (χ3n) is 3.64. The molecule has 0 aromatic heterocycles. The molecule has 1 saturated carbocycles. The van der Waals surface area contributed by atoms with Crippen LogP contribution in [0.25, 0.3) is 0 Å². The van der Waals surface area contributed by atoms with Crippen LogP contribution in [-0.2, 0) is 0 Å². The van der Waals surface area contributed by atoms with Gasteiger partial charge >= 0.3 is 0 Å². The molecule has 4 nitrogen and oxygen atoms in total. The minimum absolute atomic E-state index is 0.308. The van der Waals surface area contributed by atoms with Crippen LogP contribution in [0.1, 0.15) is 25.7 Å². The van der Waals surface area contributed by atoms with Gasteiger partial charge < -0.3 is 10.2 Å². The molecular formula is C12H20N4. The number of likely N-dealkylation sites (N-methyl/N-ethyl adjacent to an activating group) is 1. The molecule has 0 unspecified atom stereocenters. The van der Waals surface area contributed by atoms with Gasteiger partial charge in [0.1, 0.15) is 0 Å². The fourth-order valence-electron chi connectivity index (χ4n) is 2.45. The normalized spacial score (nSPS) is 29.8. The van der Waals surface area contributed by atoms with E-state index in [1.165, 1.54) is 12.8 Å². The van der Waals surface area contributed by atoms with Crippen molar-refractivity contribution in [1.29, 1.82) is 5.26 Å². The van der Waals surface area contributed by atoms with Crippen molar-refractivity contribution in [3.8, 4) is 6.07 Å². The molecule has 0 radical (unpaired) electrons. The summed E-state index contributed by atoms with van der Waals surface area (Å²) in [6, 6.07) is 2.38. The Labute approximate surface area is 97.3 Å². The van der Waals surface area contributed by atoms with Crippen molar-refractivity contribution in [3.05, 3.63) is 0 Å². The molecule has 2 rings (SSSR count). The molecule has 16 heavy (non-hydrogen) atoms. The van der Waals surface area contributed by atoms with Crippen molar-refractivity contribution in [2.24, 2.45) is 16.8 Å². The van der Waals surface area contributed by atoms with Gasteiger partial charge in [-0.15, -0.1) is 0 Å². The van der Waals surface area contributed by atoms with Gasteiger partial charge in [0.15, 0.2) is 5.96 Å². The van der Waals surface area contributed by atoms with Gasteiger partial charge in [-0.25, -0.2) is 0 Å². The van der Waals surface area contributed by atoms with Crippen molar-refractivity contribution in [2.45, 2.75) is 25.7 Å². The van der Waals surface area contributed by atoms with Crippen molar-refractivity contribution >= 4 is 5.96 Å². The van der Waals surface area contributed by atoms with Gasteiger partial charge in [0.05, 0.1) is 12.6 Å². The molecule has 0 saturated heterocycles. The van der Waals surface area contributed by atoms with E-state index in [-0.39, 0.29) is 0 Å². The van der Waals surface area contributed by atoms with E-state index in [4.69, 9.17) is 5.26 Å². The molecule has 1 aliphatic heterocycles. The molecule has 0 atom stereocenters. The van der Waals surface area contributed by atoms with Crippen LogP contribution >= 0.6 is 0 Å². The summed E-state index contributed by atoms with van der Waals surface area (Å²) in [5, 5.41) is 12.3. The van der Waals surface area contributed by atoms with Crippen LogP contribution < -0.4 is 5.32 Å². The number of rotatable bonds is 2. The minimum Gasteiger partial charge on any atom is -0.356 e. The van der Waals surface area contributed by atoms with E-state index in [0.717, 1.165) is 44.4 Å². The summed E-state index contributed by atoms with van der Waals surface area (Å²) in [5.41, 5.74) is 0.